The van der Waals surface area contributed by atoms with Crippen LogP contribution in [0.3, 0.4) is 0 Å². The van der Waals surface area contributed by atoms with Crippen LogP contribution in [-0.2, 0) is 10.3 Å². The van der Waals surface area contributed by atoms with Crippen LogP contribution in [0.4, 0.5) is 0 Å². The third-order valence-corrected chi connectivity index (χ3v) is 5.89. The van der Waals surface area contributed by atoms with Gasteiger partial charge in [-0.15, -0.1) is 0 Å². The molecule has 0 bridgehead atoms. The minimum absolute atomic E-state index is 0.134. The van der Waals surface area contributed by atoms with Gasteiger partial charge in [-0.25, -0.2) is 0 Å². The average Bonchev–Trinajstić information content (AvgIpc) is 2.75. The molecule has 1 N–H and O–H groups in total. The zero-order valence-corrected chi connectivity index (χ0v) is 16.0. The molecule has 3 aromatic rings. The van der Waals surface area contributed by atoms with Gasteiger partial charge >= 0.3 is 0 Å². The number of hydrogen-bond acceptors (Lipinski definition) is 3. The Labute approximate surface area is 164 Å². The van der Waals surface area contributed by atoms with Crippen LogP contribution in [0, 0.1) is 0 Å². The van der Waals surface area contributed by atoms with Crippen LogP contribution in [0.15, 0.2) is 91.0 Å². The van der Waals surface area contributed by atoms with Crippen LogP contribution in [0.1, 0.15) is 16.7 Å². The summed E-state index contributed by atoms with van der Waals surface area (Å²) in [4.78, 5) is 12.6. The fraction of sp³-hybridized carbons (Fsp3) is 0.174. The van der Waals surface area contributed by atoms with Crippen molar-refractivity contribution in [2.45, 2.75) is 11.6 Å². The largest absolute Gasteiger partial charge is 0.287 e. The quantitative estimate of drug-likeness (QED) is 0.401. The van der Waals surface area contributed by atoms with E-state index in [1.165, 1.54) is 11.9 Å². The van der Waals surface area contributed by atoms with Crippen LogP contribution in [0.25, 0.3) is 0 Å². The molecule has 3 aromatic carbocycles. The van der Waals surface area contributed by atoms with Gasteiger partial charge in [0.25, 0.3) is 5.91 Å². The van der Waals surface area contributed by atoms with E-state index in [1.807, 2.05) is 24.5 Å². The molecule has 27 heavy (non-hydrogen) atoms. The maximum absolute atomic E-state index is 12.6. The van der Waals surface area contributed by atoms with Crippen LogP contribution >= 0.6 is 11.9 Å². The van der Waals surface area contributed by atoms with E-state index in [-0.39, 0.29) is 11.9 Å². The van der Waals surface area contributed by atoms with E-state index < -0.39 is 5.54 Å². The van der Waals surface area contributed by atoms with E-state index in [1.54, 1.807) is 4.31 Å². The first-order valence-electron chi connectivity index (χ1n) is 9.05. The lowest BCUT2D eigenvalue weighted by Crippen LogP contribution is -2.65. The summed E-state index contributed by atoms with van der Waals surface area (Å²) in [5.41, 5.74) is 2.78. The topological polar surface area (TPSA) is 32.3 Å². The number of amides is 1. The summed E-state index contributed by atoms with van der Waals surface area (Å²) >= 11 is 1.48. The van der Waals surface area contributed by atoms with Gasteiger partial charge < -0.3 is 0 Å². The van der Waals surface area contributed by atoms with Crippen molar-refractivity contribution in [1.29, 1.82) is 0 Å². The molecule has 0 radical (unpaired) electrons. The van der Waals surface area contributed by atoms with Crippen molar-refractivity contribution in [3.63, 3.8) is 0 Å². The molecule has 1 saturated heterocycles. The molecule has 3 nitrogen and oxygen atoms in total. The van der Waals surface area contributed by atoms with Gasteiger partial charge in [-0.2, -0.15) is 0 Å². The summed E-state index contributed by atoms with van der Waals surface area (Å²) in [6, 6.07) is 30.9. The van der Waals surface area contributed by atoms with Crippen molar-refractivity contribution in [2.75, 3.05) is 12.8 Å². The number of β-lactam (4-membered cyclic amide) rings is 1. The third-order valence-electron chi connectivity index (χ3n) is 5.12. The van der Waals surface area contributed by atoms with Gasteiger partial charge in [0.2, 0.25) is 0 Å². The normalized spacial score (nSPS) is 16.9. The number of benzene rings is 3. The molecule has 1 aliphatic rings. The third kappa shape index (κ3) is 3.15. The number of carbonyl (C=O) groups is 1. The fourth-order valence-electron chi connectivity index (χ4n) is 3.74. The van der Waals surface area contributed by atoms with Crippen molar-refractivity contribution in [3.8, 4) is 0 Å². The zero-order valence-electron chi connectivity index (χ0n) is 15.2. The molecule has 4 heteroatoms. The molecule has 0 spiro atoms. The van der Waals surface area contributed by atoms with Gasteiger partial charge in [-0.05, 0) is 16.7 Å². The number of hydrogen-bond donors (Lipinski definition) is 1. The van der Waals surface area contributed by atoms with E-state index >= 15 is 0 Å². The van der Waals surface area contributed by atoms with E-state index in [4.69, 9.17) is 0 Å². The van der Waals surface area contributed by atoms with E-state index in [0.717, 1.165) is 16.7 Å². The van der Waals surface area contributed by atoms with Crippen LogP contribution in [0.2, 0.25) is 0 Å². The Balaban J connectivity index is 1.89. The molecule has 1 amide bonds. The predicted molar refractivity (Wildman–Crippen MR) is 111 cm³/mol. The molecule has 1 fully saturated rings. The highest BCUT2D eigenvalue weighted by Crippen LogP contribution is 2.38. The summed E-state index contributed by atoms with van der Waals surface area (Å²) in [6.07, 6.45) is 1.94. The molecule has 1 heterocycles. The molecular formula is C23H22N2OS. The first-order chi connectivity index (χ1) is 13.3. The van der Waals surface area contributed by atoms with Crippen molar-refractivity contribution < 1.29 is 4.79 Å². The summed E-state index contributed by atoms with van der Waals surface area (Å²) in [6.45, 7) is 0.703. The first-order valence-corrected chi connectivity index (χ1v) is 10.2. The fourth-order valence-corrected chi connectivity index (χ4v) is 4.35. The Hall–Kier alpha value is -2.56. The lowest BCUT2D eigenvalue weighted by Gasteiger charge is -2.45. The molecule has 0 unspecified atom stereocenters. The zero-order chi connectivity index (χ0) is 18.7. The SMILES string of the molecule is CSN1C[C@@H](NC(c2ccccc2)(c2ccccc2)c2ccccc2)C1=O. The Morgan fingerprint density at radius 2 is 1.22 bits per heavy atom. The number of nitrogens with one attached hydrogen (secondary N) is 1. The maximum Gasteiger partial charge on any atom is 0.251 e. The van der Waals surface area contributed by atoms with Gasteiger partial charge in [0.15, 0.2) is 0 Å². The minimum atomic E-state index is -0.589. The molecule has 0 aromatic heterocycles. The lowest BCUT2D eigenvalue weighted by molar-refractivity contribution is -0.136. The van der Waals surface area contributed by atoms with Crippen LogP contribution in [-0.4, -0.2) is 29.1 Å². The molecular weight excluding hydrogens is 352 g/mol. The second kappa shape index (κ2) is 7.59. The smallest absolute Gasteiger partial charge is 0.251 e. The minimum Gasteiger partial charge on any atom is -0.287 e. The van der Waals surface area contributed by atoms with Gasteiger partial charge in [-0.3, -0.25) is 14.4 Å². The van der Waals surface area contributed by atoms with Crippen LogP contribution in [0.5, 0.6) is 0 Å². The molecule has 0 aliphatic carbocycles. The summed E-state index contributed by atoms with van der Waals surface area (Å²) in [5.74, 6) is 0.134. The van der Waals surface area contributed by atoms with Gasteiger partial charge in [-0.1, -0.05) is 103 Å². The second-order valence-electron chi connectivity index (χ2n) is 6.63. The lowest BCUT2D eigenvalue weighted by atomic mass is 9.76. The Morgan fingerprint density at radius 3 is 1.56 bits per heavy atom. The maximum atomic E-state index is 12.6. The van der Waals surface area contributed by atoms with Crippen molar-refractivity contribution in [2.24, 2.45) is 0 Å². The predicted octanol–water partition coefficient (Wildman–Crippen LogP) is 4.06. The van der Waals surface area contributed by atoms with Crippen molar-refractivity contribution in [1.82, 2.24) is 9.62 Å². The summed E-state index contributed by atoms with van der Waals surface area (Å²) in [7, 11) is 0. The van der Waals surface area contributed by atoms with Crippen molar-refractivity contribution >= 4 is 17.9 Å². The van der Waals surface area contributed by atoms with Gasteiger partial charge in [0.1, 0.15) is 6.04 Å². The molecule has 0 saturated carbocycles. The van der Waals surface area contributed by atoms with Crippen molar-refractivity contribution in [3.05, 3.63) is 108 Å². The van der Waals surface area contributed by atoms with E-state index in [9.17, 15) is 4.79 Å². The standard InChI is InChI=1S/C23H22N2OS/c1-27-25-17-21(22(25)26)24-23(18-11-5-2-6-12-18,19-13-7-3-8-14-19)20-15-9-4-10-16-20/h2-16,21,24H,17H2,1H3/t21-/m1/s1. The van der Waals surface area contributed by atoms with Crippen LogP contribution < -0.4 is 5.32 Å². The highest BCUT2D eigenvalue weighted by Gasteiger charge is 2.45. The second-order valence-corrected chi connectivity index (χ2v) is 7.43. The van der Waals surface area contributed by atoms with E-state index in [0.29, 0.717) is 6.54 Å². The average molecular weight is 375 g/mol. The molecule has 1 aliphatic heterocycles. The Kier molecular flexibility index (Phi) is 5.01. The van der Waals surface area contributed by atoms with Gasteiger partial charge in [0.05, 0.1) is 12.1 Å². The molecule has 1 atom stereocenters. The summed E-state index contributed by atoms with van der Waals surface area (Å²) in [5, 5.41) is 3.73. The first kappa shape index (κ1) is 17.8. The highest BCUT2D eigenvalue weighted by molar-refractivity contribution is 7.96. The monoisotopic (exact) mass is 374 g/mol. The Bertz CT molecular complexity index is 803. The molecule has 136 valence electrons. The van der Waals surface area contributed by atoms with Gasteiger partial charge in [0, 0.05) is 6.26 Å². The highest BCUT2D eigenvalue weighted by atomic mass is 32.2. The molecule has 4 rings (SSSR count). The number of rotatable bonds is 6. The van der Waals surface area contributed by atoms with E-state index in [2.05, 4.69) is 78.1 Å². The number of carbonyl (C=O) groups excluding carboxylic acids is 1. The Morgan fingerprint density at radius 1 is 0.815 bits per heavy atom. The summed E-state index contributed by atoms with van der Waals surface area (Å²) < 4.78 is 1.80. The number of nitrogens with zero attached hydrogens (tertiary/aromatic N) is 1.